The summed E-state index contributed by atoms with van der Waals surface area (Å²) in [6.45, 7) is 0.194. The Bertz CT molecular complexity index is 351. The van der Waals surface area contributed by atoms with Gasteiger partial charge in [0.1, 0.15) is 0 Å². The molecule has 0 spiro atoms. The molecule has 6 nitrogen and oxygen atoms in total. The molecule has 0 saturated carbocycles. The van der Waals surface area contributed by atoms with Crippen LogP contribution in [0.1, 0.15) is 0 Å². The molecule has 0 aromatic carbocycles. The Labute approximate surface area is 98.5 Å². The third-order valence-electron chi connectivity index (χ3n) is 2.17. The van der Waals surface area contributed by atoms with Crippen molar-refractivity contribution in [3.8, 4) is 5.75 Å². The van der Waals surface area contributed by atoms with Gasteiger partial charge in [-0.1, -0.05) is 0 Å². The normalized spacial score (nSPS) is 12.5. The predicted molar refractivity (Wildman–Crippen MR) is 59.9 cm³/mol. The van der Waals surface area contributed by atoms with E-state index in [4.69, 9.17) is 21.4 Å². The third kappa shape index (κ3) is 2.94. The van der Waals surface area contributed by atoms with Gasteiger partial charge in [0.05, 0.1) is 25.5 Å². The number of aliphatic hydroxyl groups excluding tert-OH is 1. The van der Waals surface area contributed by atoms with Gasteiger partial charge >= 0.3 is 0 Å². The highest BCUT2D eigenvalue weighted by Gasteiger charge is 2.18. The van der Waals surface area contributed by atoms with E-state index in [0.717, 1.165) is 0 Å². The second-order valence-corrected chi connectivity index (χ2v) is 3.59. The van der Waals surface area contributed by atoms with Crippen LogP contribution >= 0.6 is 11.6 Å². The first kappa shape index (κ1) is 13.0. The summed E-state index contributed by atoms with van der Waals surface area (Å²) in [6, 6.07) is -0.304. The van der Waals surface area contributed by atoms with Gasteiger partial charge in [-0.05, 0) is 11.6 Å². The maximum absolute atomic E-state index is 9.57. The summed E-state index contributed by atoms with van der Waals surface area (Å²) >= 11 is 5.63. The van der Waals surface area contributed by atoms with Crippen molar-refractivity contribution >= 4 is 17.4 Å². The lowest BCUT2D eigenvalue weighted by molar-refractivity contribution is 0.143. The van der Waals surface area contributed by atoms with E-state index in [0.29, 0.717) is 6.61 Å². The van der Waals surface area contributed by atoms with Crippen molar-refractivity contribution in [1.29, 1.82) is 0 Å². The van der Waals surface area contributed by atoms with Crippen LogP contribution in [-0.4, -0.2) is 53.6 Å². The van der Waals surface area contributed by atoms with Crippen molar-refractivity contribution in [2.75, 3.05) is 32.3 Å². The van der Waals surface area contributed by atoms with Gasteiger partial charge in [-0.3, -0.25) is 0 Å². The molecule has 0 unspecified atom stereocenters. The minimum absolute atomic E-state index is 0.0359. The van der Waals surface area contributed by atoms with E-state index < -0.39 is 0 Å². The van der Waals surface area contributed by atoms with Gasteiger partial charge in [0.2, 0.25) is 5.28 Å². The Kier molecular flexibility index (Phi) is 4.72. The average molecular weight is 248 g/mol. The molecular formula is C9H14ClN3O3. The zero-order valence-corrected chi connectivity index (χ0v) is 9.85. The first-order valence-electron chi connectivity index (χ1n) is 4.64. The smallest absolute Gasteiger partial charge is 0.224 e. The van der Waals surface area contributed by atoms with Crippen molar-refractivity contribution in [1.82, 2.24) is 9.97 Å². The number of aromatic nitrogens is 2. The number of hydrogen-bond acceptors (Lipinski definition) is 6. The van der Waals surface area contributed by atoms with Crippen molar-refractivity contribution in [2.24, 2.45) is 0 Å². The first-order valence-corrected chi connectivity index (χ1v) is 5.02. The Morgan fingerprint density at radius 1 is 1.62 bits per heavy atom. The number of hydrogen-bond donors (Lipinski definition) is 2. The van der Waals surface area contributed by atoms with E-state index in [1.54, 1.807) is 11.9 Å². The summed E-state index contributed by atoms with van der Waals surface area (Å²) in [7, 11) is 3.21. The number of likely N-dealkylation sites (N-methyl/N-ethyl adjacent to an activating group) is 1. The van der Waals surface area contributed by atoms with E-state index in [9.17, 15) is 5.11 Å². The number of rotatable bonds is 5. The van der Waals surface area contributed by atoms with Gasteiger partial charge in [-0.2, -0.15) is 4.98 Å². The lowest BCUT2D eigenvalue weighted by atomic mass is 10.3. The lowest BCUT2D eigenvalue weighted by Crippen LogP contribution is -2.39. The van der Waals surface area contributed by atoms with Crippen molar-refractivity contribution in [2.45, 2.75) is 6.04 Å². The Morgan fingerprint density at radius 3 is 2.88 bits per heavy atom. The molecule has 1 aromatic rings. The minimum Gasteiger partial charge on any atom is -0.503 e. The fraction of sp³-hybridized carbons (Fsp3) is 0.556. The van der Waals surface area contributed by atoms with Gasteiger partial charge in [0, 0.05) is 14.2 Å². The molecule has 1 atom stereocenters. The van der Waals surface area contributed by atoms with Crippen LogP contribution in [0.15, 0.2) is 6.20 Å². The lowest BCUT2D eigenvalue weighted by Gasteiger charge is -2.27. The molecular weight excluding hydrogens is 234 g/mol. The van der Waals surface area contributed by atoms with E-state index in [-0.39, 0.29) is 29.5 Å². The molecule has 1 aromatic heterocycles. The highest BCUT2D eigenvalue weighted by molar-refractivity contribution is 6.28. The van der Waals surface area contributed by atoms with Crippen LogP contribution in [0, 0.1) is 0 Å². The van der Waals surface area contributed by atoms with Crippen molar-refractivity contribution in [3.05, 3.63) is 11.5 Å². The molecule has 1 heterocycles. The summed E-state index contributed by atoms with van der Waals surface area (Å²) in [5.74, 6) is 0.164. The minimum atomic E-state index is -0.304. The largest absolute Gasteiger partial charge is 0.503 e. The summed E-state index contributed by atoms with van der Waals surface area (Å²) in [6.07, 6.45) is 1.21. The second-order valence-electron chi connectivity index (χ2n) is 3.25. The predicted octanol–water partition coefficient (Wildman–Crippen LogP) is 0.279. The Balaban J connectivity index is 2.93. The van der Waals surface area contributed by atoms with Gasteiger partial charge in [0.25, 0.3) is 0 Å². The molecule has 0 amide bonds. The molecule has 2 N–H and O–H groups in total. The summed E-state index contributed by atoms with van der Waals surface area (Å²) in [5, 5.41) is 18.8. The fourth-order valence-electron chi connectivity index (χ4n) is 1.26. The van der Waals surface area contributed by atoms with Gasteiger partial charge in [0.15, 0.2) is 11.6 Å². The zero-order chi connectivity index (χ0) is 12.1. The van der Waals surface area contributed by atoms with E-state index in [1.807, 2.05) is 0 Å². The molecule has 16 heavy (non-hydrogen) atoms. The molecule has 0 bridgehead atoms. The summed E-state index contributed by atoms with van der Waals surface area (Å²) < 4.78 is 4.95. The summed E-state index contributed by atoms with van der Waals surface area (Å²) in [5.41, 5.74) is 0. The number of anilines is 1. The highest BCUT2D eigenvalue weighted by atomic mass is 35.5. The fourth-order valence-corrected chi connectivity index (χ4v) is 1.39. The number of ether oxygens (including phenoxy) is 1. The second kappa shape index (κ2) is 5.83. The first-order chi connectivity index (χ1) is 7.60. The van der Waals surface area contributed by atoms with E-state index in [1.165, 1.54) is 13.3 Å². The van der Waals surface area contributed by atoms with Crippen LogP contribution in [0.3, 0.4) is 0 Å². The summed E-state index contributed by atoms with van der Waals surface area (Å²) in [4.78, 5) is 9.11. The Hall–Kier alpha value is -1.11. The van der Waals surface area contributed by atoms with E-state index in [2.05, 4.69) is 9.97 Å². The number of halogens is 1. The van der Waals surface area contributed by atoms with Crippen LogP contribution < -0.4 is 4.90 Å². The molecule has 0 aliphatic carbocycles. The van der Waals surface area contributed by atoms with E-state index >= 15 is 0 Å². The maximum Gasteiger partial charge on any atom is 0.224 e. The SMILES string of the molecule is COC[C@H](CO)N(C)c1nc(Cl)ncc1O. The average Bonchev–Trinajstić information content (AvgIpc) is 2.28. The highest BCUT2D eigenvalue weighted by Crippen LogP contribution is 2.25. The van der Waals surface area contributed by atoms with Crippen LogP contribution in [0.25, 0.3) is 0 Å². The zero-order valence-electron chi connectivity index (χ0n) is 9.09. The molecule has 0 fully saturated rings. The van der Waals surface area contributed by atoms with Crippen molar-refractivity contribution < 1.29 is 14.9 Å². The number of nitrogens with zero attached hydrogens (tertiary/aromatic N) is 3. The molecule has 0 saturated heterocycles. The van der Waals surface area contributed by atoms with Crippen LogP contribution in [-0.2, 0) is 4.74 Å². The molecule has 0 aliphatic heterocycles. The molecule has 7 heteroatoms. The molecule has 90 valence electrons. The standard InChI is InChI=1S/C9H14ClN3O3/c1-13(6(4-14)5-16-2)8-7(15)3-11-9(10)12-8/h3,6,14-15H,4-5H2,1-2H3/t6-/m0/s1. The molecule has 0 aliphatic rings. The van der Waals surface area contributed by atoms with Gasteiger partial charge in [-0.25, -0.2) is 4.98 Å². The quantitative estimate of drug-likeness (QED) is 0.728. The monoisotopic (exact) mass is 247 g/mol. The van der Waals surface area contributed by atoms with Gasteiger partial charge in [-0.15, -0.1) is 0 Å². The van der Waals surface area contributed by atoms with Crippen LogP contribution in [0.4, 0.5) is 5.82 Å². The topological polar surface area (TPSA) is 78.7 Å². The number of aliphatic hydroxyl groups is 1. The van der Waals surface area contributed by atoms with Crippen LogP contribution in [0.2, 0.25) is 5.28 Å². The van der Waals surface area contributed by atoms with Gasteiger partial charge < -0.3 is 19.8 Å². The number of methoxy groups -OCH3 is 1. The maximum atomic E-state index is 9.57. The molecule has 1 rings (SSSR count). The Morgan fingerprint density at radius 2 is 2.31 bits per heavy atom. The van der Waals surface area contributed by atoms with Crippen LogP contribution in [0.5, 0.6) is 5.75 Å². The molecule has 0 radical (unpaired) electrons. The third-order valence-corrected chi connectivity index (χ3v) is 2.35. The van der Waals surface area contributed by atoms with Crippen molar-refractivity contribution in [3.63, 3.8) is 0 Å². The number of aromatic hydroxyl groups is 1.